The summed E-state index contributed by atoms with van der Waals surface area (Å²) in [5, 5.41) is 46.2. The zero-order chi connectivity index (χ0) is 46.8. The van der Waals surface area contributed by atoms with Crippen LogP contribution in [0, 0.1) is 0 Å². The van der Waals surface area contributed by atoms with Gasteiger partial charge >= 0.3 is 17.9 Å². The lowest BCUT2D eigenvalue weighted by atomic mass is 9.86. The SMILES string of the molecule is CCCCCCCCCCCCCCCCCCN.COC(=O)C(c1ccccc1)C1CCCCN1.O=C(O)c1cc2ccccc2c(Cc2c(O)c(C(=O)O)cc3ccccc23)c1O. The number of nitrogens with two attached hydrogens (primary N) is 1. The van der Waals surface area contributed by atoms with Crippen LogP contribution in [0.2, 0.25) is 0 Å². The Balaban J connectivity index is 0.000000225. The number of aromatic carboxylic acids is 2. The molecule has 0 saturated carbocycles. The van der Waals surface area contributed by atoms with Crippen LogP contribution in [0.5, 0.6) is 11.5 Å². The van der Waals surface area contributed by atoms with Crippen LogP contribution >= 0.6 is 0 Å². The Labute approximate surface area is 386 Å². The van der Waals surface area contributed by atoms with Crippen LogP contribution < -0.4 is 11.1 Å². The van der Waals surface area contributed by atoms with Crippen molar-refractivity contribution in [1.82, 2.24) is 5.32 Å². The van der Waals surface area contributed by atoms with Crippen molar-refractivity contribution < 1.29 is 39.5 Å². The number of carbonyl (C=O) groups excluding carboxylic acids is 1. The van der Waals surface area contributed by atoms with Crippen molar-refractivity contribution in [2.75, 3.05) is 20.2 Å². The number of carbonyl (C=O) groups is 3. The van der Waals surface area contributed by atoms with Crippen molar-refractivity contribution >= 4 is 39.5 Å². The smallest absolute Gasteiger partial charge is 0.339 e. The summed E-state index contributed by atoms with van der Waals surface area (Å²) >= 11 is 0. The summed E-state index contributed by atoms with van der Waals surface area (Å²) in [6.45, 7) is 4.15. The van der Waals surface area contributed by atoms with Gasteiger partial charge in [0.15, 0.2) is 0 Å². The number of hydrogen-bond acceptors (Lipinski definition) is 8. The molecule has 10 nitrogen and oxygen atoms in total. The molecule has 352 valence electrons. The van der Waals surface area contributed by atoms with Gasteiger partial charge in [-0.05, 0) is 71.6 Å². The van der Waals surface area contributed by atoms with Crippen molar-refractivity contribution in [2.24, 2.45) is 5.73 Å². The molecule has 1 fully saturated rings. The lowest BCUT2D eigenvalue weighted by molar-refractivity contribution is -0.143. The number of benzene rings is 5. The maximum atomic E-state index is 11.9. The van der Waals surface area contributed by atoms with E-state index in [4.69, 9.17) is 10.5 Å². The minimum Gasteiger partial charge on any atom is -0.507 e. The number of methoxy groups -OCH3 is 1. The predicted octanol–water partition coefficient (Wildman–Crippen LogP) is 12.7. The van der Waals surface area contributed by atoms with Crippen LogP contribution in [0.1, 0.15) is 172 Å². The topological polar surface area (TPSA) is 179 Å². The first-order valence-corrected chi connectivity index (χ1v) is 24.1. The molecule has 0 spiro atoms. The third-order valence-corrected chi connectivity index (χ3v) is 12.5. The van der Waals surface area contributed by atoms with Gasteiger partial charge in [0.05, 0.1) is 13.0 Å². The number of carboxylic acids is 2. The normalized spacial score (nSPS) is 13.9. The van der Waals surface area contributed by atoms with E-state index in [0.29, 0.717) is 32.7 Å². The van der Waals surface area contributed by atoms with Crippen LogP contribution in [0.25, 0.3) is 21.5 Å². The standard InChI is InChI=1S/C23H16O6.C18H39N.C14H19NO2/c24-20-16(14-7-3-1-5-12(14)9-18(20)22(26)27)11-17-15-8-4-2-6-13(15)10-19(21(17)25)23(28)29;1-2-3-4-5-6-7-8-9-10-11-12-13-14-15-16-17-18-19;1-17-14(16)13(11-7-3-2-4-8-11)12-9-5-6-10-15-12/h1-10,24-25H,11H2,(H,26,27)(H,28,29);2-19H2,1H3;2-4,7-8,12-13,15H,5-6,9-10H2,1H3. The molecule has 10 heteroatoms. The highest BCUT2D eigenvalue weighted by molar-refractivity contribution is 6.02. The summed E-state index contributed by atoms with van der Waals surface area (Å²) in [5.74, 6) is -3.68. The fourth-order valence-corrected chi connectivity index (χ4v) is 8.86. The van der Waals surface area contributed by atoms with Crippen LogP contribution in [0.15, 0.2) is 91.0 Å². The molecule has 65 heavy (non-hydrogen) atoms. The van der Waals surface area contributed by atoms with Crippen molar-refractivity contribution in [3.63, 3.8) is 0 Å². The monoisotopic (exact) mass is 891 g/mol. The minimum atomic E-state index is -1.28. The van der Waals surface area contributed by atoms with Crippen molar-refractivity contribution in [1.29, 1.82) is 0 Å². The van der Waals surface area contributed by atoms with E-state index in [0.717, 1.165) is 25.1 Å². The molecule has 2 atom stereocenters. The predicted molar refractivity (Wildman–Crippen MR) is 263 cm³/mol. The zero-order valence-corrected chi connectivity index (χ0v) is 38.9. The number of carboxylic acid groups (broad SMARTS) is 2. The van der Waals surface area contributed by atoms with Gasteiger partial charge in [-0.25, -0.2) is 9.59 Å². The second kappa shape index (κ2) is 29.2. The highest BCUT2D eigenvalue weighted by Crippen LogP contribution is 2.39. The van der Waals surface area contributed by atoms with E-state index in [1.54, 1.807) is 48.5 Å². The van der Waals surface area contributed by atoms with Gasteiger partial charge in [-0.3, -0.25) is 4.79 Å². The average Bonchev–Trinajstić information content (AvgIpc) is 3.32. The number of phenols is 2. The summed E-state index contributed by atoms with van der Waals surface area (Å²) in [6.07, 6.45) is 26.2. The van der Waals surface area contributed by atoms with Crippen LogP contribution in [0.4, 0.5) is 0 Å². The lowest BCUT2D eigenvalue weighted by Gasteiger charge is -2.29. The van der Waals surface area contributed by atoms with Crippen molar-refractivity contribution in [3.8, 4) is 11.5 Å². The lowest BCUT2D eigenvalue weighted by Crippen LogP contribution is -2.42. The Morgan fingerprint density at radius 2 is 1.06 bits per heavy atom. The van der Waals surface area contributed by atoms with E-state index in [1.807, 2.05) is 30.3 Å². The number of unbranched alkanes of at least 4 members (excludes halogenated alkanes) is 15. The number of rotatable bonds is 23. The van der Waals surface area contributed by atoms with E-state index in [-0.39, 0.29) is 35.5 Å². The van der Waals surface area contributed by atoms with Gasteiger partial charge in [0, 0.05) is 23.6 Å². The van der Waals surface area contributed by atoms with E-state index >= 15 is 0 Å². The van der Waals surface area contributed by atoms with Gasteiger partial charge in [0.1, 0.15) is 22.6 Å². The Morgan fingerprint density at radius 3 is 1.46 bits per heavy atom. The minimum absolute atomic E-state index is 0.0407. The quantitative estimate of drug-likeness (QED) is 0.0273. The number of hydrogen-bond donors (Lipinski definition) is 6. The Morgan fingerprint density at radius 1 is 0.631 bits per heavy atom. The second-order valence-electron chi connectivity index (χ2n) is 17.3. The highest BCUT2D eigenvalue weighted by Gasteiger charge is 2.31. The number of aromatic hydroxyl groups is 2. The molecule has 0 bridgehead atoms. The van der Waals surface area contributed by atoms with Crippen LogP contribution in [-0.4, -0.2) is 64.6 Å². The molecule has 6 rings (SSSR count). The molecule has 1 saturated heterocycles. The fraction of sp³-hybridized carbons (Fsp3) is 0.473. The Kier molecular flexibility index (Phi) is 23.4. The second-order valence-corrected chi connectivity index (χ2v) is 17.3. The number of piperidine rings is 1. The molecule has 0 aliphatic carbocycles. The van der Waals surface area contributed by atoms with Gasteiger partial charge in [0.25, 0.3) is 0 Å². The van der Waals surface area contributed by atoms with Gasteiger partial charge in [-0.1, -0.05) is 189 Å². The molecule has 0 amide bonds. The van der Waals surface area contributed by atoms with E-state index in [2.05, 4.69) is 12.2 Å². The first-order valence-electron chi connectivity index (χ1n) is 24.1. The number of fused-ring (bicyclic) bond motifs is 2. The average molecular weight is 891 g/mol. The van der Waals surface area contributed by atoms with Gasteiger partial charge < -0.3 is 36.2 Å². The number of nitrogens with one attached hydrogen (secondary N) is 1. The summed E-state index contributed by atoms with van der Waals surface area (Å²) in [5.41, 5.74) is 6.64. The zero-order valence-electron chi connectivity index (χ0n) is 38.9. The first-order chi connectivity index (χ1) is 31.6. The summed E-state index contributed by atoms with van der Waals surface area (Å²) in [4.78, 5) is 35.2. The highest BCUT2D eigenvalue weighted by atomic mass is 16.5. The van der Waals surface area contributed by atoms with Gasteiger partial charge in [-0.15, -0.1) is 0 Å². The number of esters is 1. The molecule has 1 heterocycles. The molecule has 5 aromatic carbocycles. The maximum Gasteiger partial charge on any atom is 0.339 e. The maximum absolute atomic E-state index is 11.9. The number of ether oxygens (including phenoxy) is 1. The van der Waals surface area contributed by atoms with Gasteiger partial charge in [0.2, 0.25) is 0 Å². The molecular weight excluding hydrogens is 817 g/mol. The van der Waals surface area contributed by atoms with Crippen molar-refractivity contribution in [3.05, 3.63) is 119 Å². The molecule has 5 aromatic rings. The van der Waals surface area contributed by atoms with Crippen LogP contribution in [-0.2, 0) is 16.0 Å². The van der Waals surface area contributed by atoms with E-state index < -0.39 is 23.4 Å². The first kappa shape index (κ1) is 52.2. The third kappa shape index (κ3) is 16.5. The third-order valence-electron chi connectivity index (χ3n) is 12.5. The molecule has 7 N–H and O–H groups in total. The molecule has 0 radical (unpaired) electrons. The summed E-state index contributed by atoms with van der Waals surface area (Å²) in [6, 6.07) is 26.9. The Hall–Kier alpha value is -5.45. The molecule has 0 aromatic heterocycles. The molecule has 1 aliphatic heterocycles. The van der Waals surface area contributed by atoms with E-state index in [1.165, 1.54) is 135 Å². The van der Waals surface area contributed by atoms with Gasteiger partial charge in [-0.2, -0.15) is 0 Å². The molecular formula is C55H74N2O8. The van der Waals surface area contributed by atoms with Crippen molar-refractivity contribution in [2.45, 2.75) is 147 Å². The molecule has 1 aliphatic rings. The largest absolute Gasteiger partial charge is 0.507 e. The molecule has 2 unspecified atom stereocenters. The summed E-state index contributed by atoms with van der Waals surface area (Å²) < 4.78 is 4.94. The summed E-state index contributed by atoms with van der Waals surface area (Å²) in [7, 11) is 1.46. The Bertz CT molecular complexity index is 2080. The van der Waals surface area contributed by atoms with Crippen LogP contribution in [0.3, 0.4) is 0 Å². The van der Waals surface area contributed by atoms with E-state index in [9.17, 15) is 34.8 Å². The fourth-order valence-electron chi connectivity index (χ4n) is 8.86.